The van der Waals surface area contributed by atoms with E-state index in [4.69, 9.17) is 11.6 Å². The van der Waals surface area contributed by atoms with Crippen molar-refractivity contribution in [2.45, 2.75) is 19.3 Å². The molecule has 2 nitrogen and oxygen atoms in total. The Morgan fingerprint density at radius 2 is 1.70 bits per heavy atom. The fourth-order valence-electron chi connectivity index (χ4n) is 3.65. The number of rotatable bonds is 3. The Kier molecular flexibility index (Phi) is 4.00. The van der Waals surface area contributed by atoms with Crippen molar-refractivity contribution in [3.8, 4) is 0 Å². The average Bonchev–Trinajstić information content (AvgIpc) is 3.02. The highest BCUT2D eigenvalue weighted by molar-refractivity contribution is 6.35. The summed E-state index contributed by atoms with van der Waals surface area (Å²) in [7, 11) is 0. The van der Waals surface area contributed by atoms with Crippen molar-refractivity contribution < 1.29 is 0 Å². The first-order valence-corrected chi connectivity index (χ1v) is 8.74. The summed E-state index contributed by atoms with van der Waals surface area (Å²) in [6.07, 6.45) is 5.84. The molecule has 0 spiro atoms. The van der Waals surface area contributed by atoms with E-state index in [-0.39, 0.29) is 0 Å². The molecule has 1 aromatic heterocycles. The van der Waals surface area contributed by atoms with Gasteiger partial charge in [-0.25, -0.2) is 0 Å². The zero-order valence-electron chi connectivity index (χ0n) is 13.2. The van der Waals surface area contributed by atoms with E-state index < -0.39 is 0 Å². The van der Waals surface area contributed by atoms with Gasteiger partial charge in [-0.05, 0) is 48.9 Å². The maximum absolute atomic E-state index is 6.29. The molecule has 1 saturated heterocycles. The number of halogens is 1. The van der Waals surface area contributed by atoms with Crippen LogP contribution in [0.25, 0.3) is 10.9 Å². The Morgan fingerprint density at radius 1 is 0.913 bits per heavy atom. The molecule has 0 aliphatic carbocycles. The highest BCUT2D eigenvalue weighted by Gasteiger charge is 2.20. The molecule has 2 heterocycles. The lowest BCUT2D eigenvalue weighted by Gasteiger charge is -2.34. The first kappa shape index (κ1) is 14.6. The second-order valence-corrected chi connectivity index (χ2v) is 6.83. The van der Waals surface area contributed by atoms with Crippen molar-refractivity contribution in [1.29, 1.82) is 0 Å². The van der Waals surface area contributed by atoms with Gasteiger partial charge >= 0.3 is 0 Å². The number of aromatic nitrogens is 1. The van der Waals surface area contributed by atoms with Gasteiger partial charge in [-0.1, -0.05) is 48.0 Å². The lowest BCUT2D eigenvalue weighted by Crippen LogP contribution is -2.41. The van der Waals surface area contributed by atoms with Crippen LogP contribution in [0.3, 0.4) is 0 Å². The topological polar surface area (TPSA) is 8.17 Å². The van der Waals surface area contributed by atoms with E-state index in [9.17, 15) is 0 Å². The molecule has 3 aromatic rings. The molecule has 3 heteroatoms. The summed E-state index contributed by atoms with van der Waals surface area (Å²) in [4.78, 5) is 0. The van der Waals surface area contributed by atoms with Gasteiger partial charge in [0.1, 0.15) is 0 Å². The quantitative estimate of drug-likeness (QED) is 0.666. The van der Waals surface area contributed by atoms with Crippen molar-refractivity contribution in [3.63, 3.8) is 0 Å². The van der Waals surface area contributed by atoms with Crippen LogP contribution in [0.4, 0.5) is 0 Å². The molecule has 2 aromatic carbocycles. The third kappa shape index (κ3) is 2.96. The number of benzene rings is 2. The van der Waals surface area contributed by atoms with Crippen molar-refractivity contribution in [1.82, 2.24) is 4.68 Å². The van der Waals surface area contributed by atoms with E-state index in [0.29, 0.717) is 0 Å². The molecule has 0 N–H and O–H groups in total. The molecule has 1 fully saturated rings. The van der Waals surface area contributed by atoms with Crippen molar-refractivity contribution in [2.24, 2.45) is 5.92 Å². The lowest BCUT2D eigenvalue weighted by atomic mass is 9.91. The van der Waals surface area contributed by atoms with Gasteiger partial charge in [-0.15, -0.1) is 0 Å². The Bertz CT molecular complexity index is 786. The zero-order chi connectivity index (χ0) is 15.6. The molecular formula is C20H21ClN2. The first-order valence-electron chi connectivity index (χ1n) is 8.36. The van der Waals surface area contributed by atoms with Gasteiger partial charge in [0.2, 0.25) is 0 Å². The normalized spacial score (nSPS) is 16.1. The Hall–Kier alpha value is -1.93. The molecule has 4 rings (SSSR count). The van der Waals surface area contributed by atoms with E-state index >= 15 is 0 Å². The molecule has 0 radical (unpaired) electrons. The van der Waals surface area contributed by atoms with Crippen LogP contribution in [0.1, 0.15) is 18.4 Å². The average molecular weight is 325 g/mol. The lowest BCUT2D eigenvalue weighted by molar-refractivity contribution is 0.365. The maximum Gasteiger partial charge on any atom is 0.0709 e. The Balaban J connectivity index is 1.46. The van der Waals surface area contributed by atoms with Crippen LogP contribution >= 0.6 is 11.6 Å². The van der Waals surface area contributed by atoms with Gasteiger partial charge in [0.15, 0.2) is 0 Å². The maximum atomic E-state index is 6.29. The minimum atomic E-state index is 0.791. The van der Waals surface area contributed by atoms with Gasteiger partial charge in [-0.3, -0.25) is 4.68 Å². The van der Waals surface area contributed by atoms with Crippen LogP contribution in [0, 0.1) is 5.92 Å². The monoisotopic (exact) mass is 324 g/mol. The standard InChI is InChI=1S/C20H21ClN2/c21-19-7-4-8-20-18(19)11-14-23(20)22-12-9-17(10-13-22)15-16-5-2-1-3-6-16/h1-8,11,14,17H,9-10,12-13,15H2. The summed E-state index contributed by atoms with van der Waals surface area (Å²) in [5.41, 5.74) is 2.67. The largest absolute Gasteiger partial charge is 0.313 e. The number of fused-ring (bicyclic) bond motifs is 1. The molecule has 118 valence electrons. The van der Waals surface area contributed by atoms with E-state index in [1.54, 1.807) is 0 Å². The predicted molar refractivity (Wildman–Crippen MR) is 97.8 cm³/mol. The van der Waals surface area contributed by atoms with Gasteiger partial charge in [0.05, 0.1) is 10.5 Å². The second-order valence-electron chi connectivity index (χ2n) is 6.42. The summed E-state index contributed by atoms with van der Waals surface area (Å²) in [5.74, 6) is 0.791. The number of hydrogen-bond acceptors (Lipinski definition) is 1. The van der Waals surface area contributed by atoms with Crippen molar-refractivity contribution in [2.75, 3.05) is 18.1 Å². The molecule has 0 atom stereocenters. The summed E-state index contributed by atoms with van der Waals surface area (Å²) in [6.45, 7) is 2.21. The molecule has 1 aliphatic heterocycles. The number of nitrogens with zero attached hydrogens (tertiary/aromatic N) is 2. The van der Waals surface area contributed by atoms with Crippen LogP contribution in [0.2, 0.25) is 5.02 Å². The summed E-state index contributed by atoms with van der Waals surface area (Å²) < 4.78 is 2.28. The van der Waals surface area contributed by atoms with Crippen LogP contribution in [0.15, 0.2) is 60.8 Å². The minimum absolute atomic E-state index is 0.791. The van der Waals surface area contributed by atoms with Gasteiger partial charge in [-0.2, -0.15) is 0 Å². The molecule has 0 amide bonds. The third-order valence-corrected chi connectivity index (χ3v) is 5.25. The smallest absolute Gasteiger partial charge is 0.0709 e. The van der Waals surface area contributed by atoms with Gasteiger partial charge < -0.3 is 5.01 Å². The fraction of sp³-hybridized carbons (Fsp3) is 0.300. The van der Waals surface area contributed by atoms with E-state index in [2.05, 4.69) is 58.3 Å². The highest BCUT2D eigenvalue weighted by atomic mass is 35.5. The predicted octanol–water partition coefficient (Wildman–Crippen LogP) is 4.89. The Labute approximate surface area is 142 Å². The van der Waals surface area contributed by atoms with Crippen LogP contribution in [-0.4, -0.2) is 17.8 Å². The minimum Gasteiger partial charge on any atom is -0.313 e. The summed E-state index contributed by atoms with van der Waals surface area (Å²) in [6, 6.07) is 19.1. The molecule has 0 saturated carbocycles. The molecular weight excluding hydrogens is 304 g/mol. The van der Waals surface area contributed by atoms with Crippen LogP contribution in [-0.2, 0) is 6.42 Å². The highest BCUT2D eigenvalue weighted by Crippen LogP contribution is 2.27. The fourth-order valence-corrected chi connectivity index (χ4v) is 3.88. The van der Waals surface area contributed by atoms with Crippen molar-refractivity contribution >= 4 is 22.5 Å². The molecule has 0 bridgehead atoms. The third-order valence-electron chi connectivity index (χ3n) is 4.92. The number of piperidine rings is 1. The SMILES string of the molecule is Clc1cccc2c1ccn2N1CCC(Cc2ccccc2)CC1. The first-order chi connectivity index (χ1) is 11.3. The summed E-state index contributed by atoms with van der Waals surface area (Å²) in [5, 5.41) is 4.42. The molecule has 0 unspecified atom stereocenters. The van der Waals surface area contributed by atoms with Crippen LogP contribution < -0.4 is 5.01 Å². The van der Waals surface area contributed by atoms with E-state index in [1.165, 1.54) is 30.3 Å². The molecule has 23 heavy (non-hydrogen) atoms. The van der Waals surface area contributed by atoms with Gasteiger partial charge in [0, 0.05) is 24.7 Å². The molecule has 1 aliphatic rings. The zero-order valence-corrected chi connectivity index (χ0v) is 13.9. The van der Waals surface area contributed by atoms with E-state index in [1.807, 2.05) is 12.1 Å². The summed E-state index contributed by atoms with van der Waals surface area (Å²) >= 11 is 6.29. The number of hydrogen-bond donors (Lipinski definition) is 0. The van der Waals surface area contributed by atoms with Crippen molar-refractivity contribution in [3.05, 3.63) is 71.4 Å². The second kappa shape index (κ2) is 6.29. The Morgan fingerprint density at radius 3 is 2.48 bits per heavy atom. The van der Waals surface area contributed by atoms with Crippen LogP contribution in [0.5, 0.6) is 0 Å². The van der Waals surface area contributed by atoms with E-state index in [0.717, 1.165) is 29.4 Å². The van der Waals surface area contributed by atoms with Gasteiger partial charge in [0.25, 0.3) is 0 Å².